The number of nitrogens with one attached hydrogen (secondary N) is 2. The second-order valence-corrected chi connectivity index (χ2v) is 9.68. The predicted molar refractivity (Wildman–Crippen MR) is 139 cm³/mol. The molecule has 3 aromatic rings. The number of thioether (sulfide) groups is 1. The van der Waals surface area contributed by atoms with Crippen molar-refractivity contribution in [2.45, 2.75) is 24.2 Å². The maximum Gasteiger partial charge on any atom is 0.248 e. The van der Waals surface area contributed by atoms with E-state index in [1.165, 1.54) is 55.6 Å². The monoisotopic (exact) mass is 517 g/mol. The number of anilines is 3. The fraction of sp³-hybridized carbons (Fsp3) is 0.320. The van der Waals surface area contributed by atoms with Gasteiger partial charge in [-0.2, -0.15) is 0 Å². The third-order valence-corrected chi connectivity index (χ3v) is 6.89. The topological polar surface area (TPSA) is 70.2 Å². The molecule has 1 amide bonds. The number of benzene rings is 2. The first-order valence-corrected chi connectivity index (χ1v) is 12.8. The van der Waals surface area contributed by atoms with Crippen LogP contribution in [-0.2, 0) is 4.79 Å². The number of aromatic nitrogens is 2. The lowest BCUT2D eigenvalue weighted by Gasteiger charge is -2.24. The van der Waals surface area contributed by atoms with Gasteiger partial charge in [0.15, 0.2) is 0 Å². The van der Waals surface area contributed by atoms with Crippen LogP contribution in [0.4, 0.5) is 26.0 Å². The van der Waals surface area contributed by atoms with Crippen LogP contribution >= 0.6 is 23.4 Å². The Kier molecular flexibility index (Phi) is 8.90. The summed E-state index contributed by atoms with van der Waals surface area (Å²) in [6.45, 7) is 2.34. The normalized spacial score (nSPS) is 14.5. The van der Waals surface area contributed by atoms with Gasteiger partial charge in [-0.3, -0.25) is 14.1 Å². The maximum atomic E-state index is 13.5. The molecule has 1 aliphatic heterocycles. The van der Waals surface area contributed by atoms with Gasteiger partial charge in [0, 0.05) is 34.3 Å². The molecule has 0 radical (unpaired) electrons. The molecular weight excluding hydrogens is 492 g/mol. The highest BCUT2D eigenvalue weighted by Crippen LogP contribution is 2.34. The van der Waals surface area contributed by atoms with Crippen molar-refractivity contribution in [2.24, 2.45) is 0 Å². The van der Waals surface area contributed by atoms with Gasteiger partial charge in [-0.15, -0.1) is 11.8 Å². The molecule has 2 aromatic carbocycles. The largest absolute Gasteiger partial charge is 0.340 e. The Morgan fingerprint density at radius 2 is 2.00 bits per heavy atom. The van der Waals surface area contributed by atoms with Crippen LogP contribution in [0.3, 0.4) is 0 Å². The molecule has 1 saturated heterocycles. The average Bonchev–Trinajstić information content (AvgIpc) is 2.86. The van der Waals surface area contributed by atoms with Crippen molar-refractivity contribution in [3.8, 4) is 0 Å². The standard InChI is InChI=1S/C25H26ClF2N5OS/c26-19-13-17(6-7-20(19)28)31-25-18-14-22(23(35-12-8-27)15-21(18)29-16-30-25)32-24(34)5-4-11-33-9-2-1-3-10-33/h4-7,13-16H,1-3,8-12H2,(H,32,34)(H,29,30,31)/b5-4+. The summed E-state index contributed by atoms with van der Waals surface area (Å²) in [5.41, 5.74) is 1.72. The molecule has 10 heteroatoms. The summed E-state index contributed by atoms with van der Waals surface area (Å²) in [5.74, 6) is -0.0580. The Hall–Kier alpha value is -2.75. The summed E-state index contributed by atoms with van der Waals surface area (Å²) in [5, 5.41) is 6.68. The van der Waals surface area contributed by atoms with Crippen LogP contribution in [0.25, 0.3) is 10.9 Å². The van der Waals surface area contributed by atoms with Gasteiger partial charge in [0.2, 0.25) is 5.91 Å². The number of likely N-dealkylation sites (tertiary alicyclic amines) is 1. The van der Waals surface area contributed by atoms with Gasteiger partial charge < -0.3 is 10.6 Å². The first kappa shape index (κ1) is 25.3. The summed E-state index contributed by atoms with van der Waals surface area (Å²) < 4.78 is 26.4. The van der Waals surface area contributed by atoms with Crippen molar-refractivity contribution in [3.05, 3.63) is 59.7 Å². The van der Waals surface area contributed by atoms with Crippen LogP contribution < -0.4 is 10.6 Å². The highest BCUT2D eigenvalue weighted by atomic mass is 35.5. The fourth-order valence-electron chi connectivity index (χ4n) is 3.88. The van der Waals surface area contributed by atoms with E-state index in [0.717, 1.165) is 19.6 Å². The number of hydrogen-bond donors (Lipinski definition) is 2. The minimum Gasteiger partial charge on any atom is -0.340 e. The SMILES string of the molecule is O=C(/C=C/CN1CCCCC1)Nc1cc2c(Nc3ccc(F)c(Cl)c3)ncnc2cc1SCCF. The number of hydrogen-bond acceptors (Lipinski definition) is 6. The van der Waals surface area contributed by atoms with Crippen molar-refractivity contribution in [2.75, 3.05) is 42.7 Å². The average molecular weight is 518 g/mol. The molecule has 0 aliphatic carbocycles. The van der Waals surface area contributed by atoms with Crippen LogP contribution in [0.15, 0.2) is 53.7 Å². The van der Waals surface area contributed by atoms with Crippen LogP contribution in [-0.4, -0.2) is 52.8 Å². The van der Waals surface area contributed by atoms with E-state index in [1.807, 2.05) is 6.08 Å². The van der Waals surface area contributed by atoms with Gasteiger partial charge in [0.1, 0.15) is 18.0 Å². The van der Waals surface area contributed by atoms with E-state index < -0.39 is 12.5 Å². The van der Waals surface area contributed by atoms with Gasteiger partial charge in [-0.05, 0) is 56.3 Å². The Balaban J connectivity index is 1.58. The van der Waals surface area contributed by atoms with Crippen LogP contribution in [0, 0.1) is 5.82 Å². The molecule has 2 heterocycles. The zero-order chi connectivity index (χ0) is 24.6. The Morgan fingerprint density at radius 3 is 2.77 bits per heavy atom. The number of rotatable bonds is 9. The number of nitrogens with zero attached hydrogens (tertiary/aromatic N) is 3. The number of carbonyl (C=O) groups excluding carboxylic acids is 1. The Morgan fingerprint density at radius 1 is 1.17 bits per heavy atom. The number of piperidine rings is 1. The minimum absolute atomic E-state index is 0.0115. The van der Waals surface area contributed by atoms with Crippen molar-refractivity contribution in [1.29, 1.82) is 0 Å². The second-order valence-electron chi connectivity index (χ2n) is 8.13. The molecule has 35 heavy (non-hydrogen) atoms. The van der Waals surface area contributed by atoms with Crippen LogP contribution in [0.1, 0.15) is 19.3 Å². The van der Waals surface area contributed by atoms with Gasteiger partial charge in [-0.25, -0.2) is 14.4 Å². The van der Waals surface area contributed by atoms with E-state index >= 15 is 0 Å². The molecule has 0 unspecified atom stereocenters. The quantitative estimate of drug-likeness (QED) is 0.260. The van der Waals surface area contributed by atoms with Gasteiger partial charge >= 0.3 is 0 Å². The second kappa shape index (κ2) is 12.3. The lowest BCUT2D eigenvalue weighted by Crippen LogP contribution is -2.29. The van der Waals surface area contributed by atoms with E-state index in [2.05, 4.69) is 25.5 Å². The Bertz CT molecular complexity index is 1220. The smallest absolute Gasteiger partial charge is 0.248 e. The fourth-order valence-corrected chi connectivity index (χ4v) is 4.82. The summed E-state index contributed by atoms with van der Waals surface area (Å²) in [6, 6.07) is 7.84. The first-order valence-electron chi connectivity index (χ1n) is 11.4. The van der Waals surface area contributed by atoms with Crippen LogP contribution in [0.5, 0.6) is 0 Å². The van der Waals surface area contributed by atoms with Gasteiger partial charge in [0.05, 0.1) is 22.9 Å². The maximum absolute atomic E-state index is 13.5. The number of alkyl halides is 1. The van der Waals surface area contributed by atoms with Crippen molar-refractivity contribution < 1.29 is 13.6 Å². The molecule has 0 saturated carbocycles. The highest BCUT2D eigenvalue weighted by Gasteiger charge is 2.13. The molecule has 0 bridgehead atoms. The van der Waals surface area contributed by atoms with Crippen molar-refractivity contribution >= 4 is 57.4 Å². The third kappa shape index (κ3) is 6.90. The Labute approximate surface area is 212 Å². The molecule has 1 fully saturated rings. The van der Waals surface area contributed by atoms with E-state index in [0.29, 0.717) is 33.0 Å². The lowest BCUT2D eigenvalue weighted by atomic mass is 10.1. The van der Waals surface area contributed by atoms with Gasteiger partial charge in [-0.1, -0.05) is 24.1 Å². The summed E-state index contributed by atoms with van der Waals surface area (Å²) in [6.07, 6.45) is 8.44. The molecule has 1 aliphatic rings. The minimum atomic E-state index is -0.516. The van der Waals surface area contributed by atoms with Crippen LogP contribution in [0.2, 0.25) is 5.02 Å². The van der Waals surface area contributed by atoms with E-state index in [1.54, 1.807) is 18.2 Å². The zero-order valence-corrected chi connectivity index (χ0v) is 20.6. The number of fused-ring (bicyclic) bond motifs is 1. The number of carbonyl (C=O) groups is 1. The van der Waals surface area contributed by atoms with Crippen molar-refractivity contribution in [1.82, 2.24) is 14.9 Å². The molecular formula is C25H26ClF2N5OS. The summed E-state index contributed by atoms with van der Waals surface area (Å²) >= 11 is 7.21. The molecule has 2 N–H and O–H groups in total. The number of halogens is 3. The van der Waals surface area contributed by atoms with E-state index in [4.69, 9.17) is 11.6 Å². The third-order valence-electron chi connectivity index (χ3n) is 5.59. The summed E-state index contributed by atoms with van der Waals surface area (Å²) in [7, 11) is 0. The first-order chi connectivity index (χ1) is 17.0. The van der Waals surface area contributed by atoms with Crippen molar-refractivity contribution in [3.63, 3.8) is 0 Å². The van der Waals surface area contributed by atoms with Gasteiger partial charge in [0.25, 0.3) is 0 Å². The molecule has 1 aromatic heterocycles. The molecule has 0 atom stereocenters. The molecule has 6 nitrogen and oxygen atoms in total. The molecule has 184 valence electrons. The summed E-state index contributed by atoms with van der Waals surface area (Å²) in [4.78, 5) is 24.3. The molecule has 4 rings (SSSR count). The van der Waals surface area contributed by atoms with E-state index in [-0.39, 0.29) is 16.7 Å². The van der Waals surface area contributed by atoms with E-state index in [9.17, 15) is 13.6 Å². The zero-order valence-electron chi connectivity index (χ0n) is 19.1. The highest BCUT2D eigenvalue weighted by molar-refractivity contribution is 7.99. The predicted octanol–water partition coefficient (Wildman–Crippen LogP) is 6.21. The molecule has 0 spiro atoms. The number of amides is 1. The lowest BCUT2D eigenvalue weighted by molar-refractivity contribution is -0.111.